The summed E-state index contributed by atoms with van der Waals surface area (Å²) in [5.74, 6) is -1.01. The Morgan fingerprint density at radius 3 is 1.12 bits per heavy atom. The summed E-state index contributed by atoms with van der Waals surface area (Å²) in [6, 6.07) is 0. The molecule has 0 radical (unpaired) electrons. The molecule has 6 heteroatoms. The smallest absolute Gasteiger partial charge is 0.306 e. The summed E-state index contributed by atoms with van der Waals surface area (Å²) in [6.07, 6.45) is 67.1. The molecule has 0 aromatic carbocycles. The molecule has 1 atom stereocenters. The summed E-state index contributed by atoms with van der Waals surface area (Å²) in [4.78, 5) is 38.0. The second-order valence-electron chi connectivity index (χ2n) is 17.5. The van der Waals surface area contributed by atoms with Gasteiger partial charge in [-0.15, -0.1) is 0 Å². The van der Waals surface area contributed by atoms with Crippen LogP contribution in [0.5, 0.6) is 0 Å². The van der Waals surface area contributed by atoms with Gasteiger partial charge in [0.05, 0.1) is 0 Å². The zero-order chi connectivity index (χ0) is 46.5. The van der Waals surface area contributed by atoms with E-state index in [1.54, 1.807) is 0 Å². The van der Waals surface area contributed by atoms with Crippen molar-refractivity contribution in [3.05, 3.63) is 85.1 Å². The lowest BCUT2D eigenvalue weighted by Gasteiger charge is -2.18. The Labute approximate surface area is 395 Å². The van der Waals surface area contributed by atoms with Crippen LogP contribution < -0.4 is 0 Å². The summed E-state index contributed by atoms with van der Waals surface area (Å²) >= 11 is 0. The molecule has 0 aliphatic rings. The lowest BCUT2D eigenvalue weighted by Crippen LogP contribution is -2.30. The van der Waals surface area contributed by atoms with E-state index in [1.165, 1.54) is 109 Å². The molecule has 0 aliphatic carbocycles. The maximum absolute atomic E-state index is 12.8. The lowest BCUT2D eigenvalue weighted by atomic mass is 10.1. The van der Waals surface area contributed by atoms with Crippen LogP contribution >= 0.6 is 0 Å². The van der Waals surface area contributed by atoms with Gasteiger partial charge in [0.15, 0.2) is 6.10 Å². The van der Waals surface area contributed by atoms with Crippen LogP contribution in [-0.2, 0) is 28.6 Å². The van der Waals surface area contributed by atoms with Crippen molar-refractivity contribution in [3.63, 3.8) is 0 Å². The molecule has 0 bridgehead atoms. The summed E-state index contributed by atoms with van der Waals surface area (Å²) in [7, 11) is 0. The van der Waals surface area contributed by atoms with Crippen LogP contribution in [0, 0.1) is 0 Å². The summed E-state index contributed by atoms with van der Waals surface area (Å²) in [6.45, 7) is 6.50. The van der Waals surface area contributed by atoms with E-state index >= 15 is 0 Å². The minimum atomic E-state index is -0.814. The predicted octanol–water partition coefficient (Wildman–Crippen LogP) is 17.6. The van der Waals surface area contributed by atoms with Gasteiger partial charge in [0.2, 0.25) is 0 Å². The van der Waals surface area contributed by atoms with Crippen molar-refractivity contribution in [2.75, 3.05) is 13.2 Å². The maximum Gasteiger partial charge on any atom is 0.306 e. The van der Waals surface area contributed by atoms with E-state index in [1.807, 2.05) is 6.08 Å². The summed E-state index contributed by atoms with van der Waals surface area (Å²) in [5, 5.41) is 0. The van der Waals surface area contributed by atoms with Gasteiger partial charge in [-0.1, -0.05) is 221 Å². The summed E-state index contributed by atoms with van der Waals surface area (Å²) in [5.41, 5.74) is 0. The number of allylic oxidation sites excluding steroid dienone is 14. The van der Waals surface area contributed by atoms with E-state index in [0.717, 1.165) is 89.9 Å². The first-order chi connectivity index (χ1) is 31.5. The fraction of sp³-hybridized carbons (Fsp3) is 0.707. The molecule has 0 fully saturated rings. The number of carbonyl (C=O) groups is 3. The number of hydrogen-bond donors (Lipinski definition) is 0. The van der Waals surface area contributed by atoms with Crippen LogP contribution in [0.3, 0.4) is 0 Å². The zero-order valence-electron chi connectivity index (χ0n) is 41.8. The molecule has 0 saturated heterocycles. The highest BCUT2D eigenvalue weighted by molar-refractivity contribution is 5.71. The van der Waals surface area contributed by atoms with Crippen LogP contribution in [0.1, 0.15) is 245 Å². The third kappa shape index (κ3) is 49.6. The fourth-order valence-electron chi connectivity index (χ4n) is 7.13. The Bertz CT molecular complexity index is 1250. The molecule has 0 N–H and O–H groups in total. The van der Waals surface area contributed by atoms with Crippen molar-refractivity contribution in [1.82, 2.24) is 0 Å². The summed E-state index contributed by atoms with van der Waals surface area (Å²) < 4.78 is 16.7. The molecule has 1 unspecified atom stereocenters. The number of rotatable bonds is 47. The topological polar surface area (TPSA) is 78.9 Å². The quantitative estimate of drug-likeness (QED) is 0.0199. The molecule has 0 aromatic heterocycles. The van der Waals surface area contributed by atoms with E-state index in [4.69, 9.17) is 14.2 Å². The predicted molar refractivity (Wildman–Crippen MR) is 274 cm³/mol. The van der Waals surface area contributed by atoms with Crippen LogP contribution in [0.4, 0.5) is 0 Å². The normalized spacial score (nSPS) is 12.7. The highest BCUT2D eigenvalue weighted by Gasteiger charge is 2.19. The SMILES string of the molecule is CCCCC/C=C/C=C/CCCCCCCCC(=O)OC(COC(=O)CC/C=C/C/C=C/CCCCCCCC)COC(=O)CCCCCCC/C=C/C=C/C=C/CCCCCCC. The fourth-order valence-corrected chi connectivity index (χ4v) is 7.13. The number of carbonyl (C=O) groups excluding carboxylic acids is 3. The van der Waals surface area contributed by atoms with Crippen LogP contribution in [0.25, 0.3) is 0 Å². The molecule has 366 valence electrons. The monoisotopic (exact) mass is 891 g/mol. The minimum absolute atomic E-state index is 0.110. The van der Waals surface area contributed by atoms with Crippen molar-refractivity contribution in [2.45, 2.75) is 252 Å². The minimum Gasteiger partial charge on any atom is -0.462 e. The van der Waals surface area contributed by atoms with Crippen molar-refractivity contribution in [3.8, 4) is 0 Å². The van der Waals surface area contributed by atoms with Crippen molar-refractivity contribution >= 4 is 17.9 Å². The van der Waals surface area contributed by atoms with Crippen molar-refractivity contribution < 1.29 is 28.6 Å². The highest BCUT2D eigenvalue weighted by Crippen LogP contribution is 2.13. The molecular weight excluding hydrogens is 793 g/mol. The molecular formula is C58H98O6. The second-order valence-corrected chi connectivity index (χ2v) is 17.5. The first-order valence-electron chi connectivity index (χ1n) is 26.6. The van der Waals surface area contributed by atoms with Gasteiger partial charge in [-0.05, 0) is 89.9 Å². The Kier molecular flexibility index (Phi) is 49.4. The average Bonchev–Trinajstić information content (AvgIpc) is 3.29. The Hall–Kier alpha value is -3.41. The molecule has 64 heavy (non-hydrogen) atoms. The molecule has 0 heterocycles. The standard InChI is InChI=1S/C58H98O6/c1-4-7-10-13-16-19-22-25-27-28-29-31-33-36-39-42-45-48-51-57(60)63-54-55(53-62-56(59)50-47-44-41-38-35-32-24-21-18-15-12-9-6-3)64-58(61)52-49-46-43-40-37-34-30-26-23-20-17-14-11-8-5-2/h17,20,22-23,25-29,31-32,35,41,44,55H,4-16,18-19,21,24,30,33-34,36-40,42-43,45-54H2,1-3H3/b20-17+,25-22+,26-23+,28-27+,31-29+,35-32+,44-41+. The number of unbranched alkanes of at least 4 members (excludes halogenated alkanes) is 25. The van der Waals surface area contributed by atoms with Gasteiger partial charge in [0.25, 0.3) is 0 Å². The van der Waals surface area contributed by atoms with Gasteiger partial charge < -0.3 is 14.2 Å². The van der Waals surface area contributed by atoms with Gasteiger partial charge in [0, 0.05) is 19.3 Å². The van der Waals surface area contributed by atoms with Crippen LogP contribution in [0.2, 0.25) is 0 Å². The Morgan fingerprint density at radius 1 is 0.328 bits per heavy atom. The molecule has 0 rings (SSSR count). The first kappa shape index (κ1) is 60.6. The van der Waals surface area contributed by atoms with E-state index in [-0.39, 0.29) is 37.5 Å². The molecule has 0 spiro atoms. The number of esters is 3. The Morgan fingerprint density at radius 2 is 0.656 bits per heavy atom. The van der Waals surface area contributed by atoms with E-state index < -0.39 is 6.10 Å². The highest BCUT2D eigenvalue weighted by atomic mass is 16.6. The number of ether oxygens (including phenoxy) is 3. The molecule has 0 aromatic rings. The Balaban J connectivity index is 4.50. The van der Waals surface area contributed by atoms with E-state index in [9.17, 15) is 14.4 Å². The van der Waals surface area contributed by atoms with Gasteiger partial charge in [0.1, 0.15) is 13.2 Å². The van der Waals surface area contributed by atoms with Crippen LogP contribution in [0.15, 0.2) is 85.1 Å². The van der Waals surface area contributed by atoms with Gasteiger partial charge >= 0.3 is 17.9 Å². The number of hydrogen-bond acceptors (Lipinski definition) is 6. The third-order valence-corrected chi connectivity index (χ3v) is 11.2. The van der Waals surface area contributed by atoms with Gasteiger partial charge in [-0.2, -0.15) is 0 Å². The molecule has 0 saturated carbocycles. The average molecular weight is 891 g/mol. The van der Waals surface area contributed by atoms with Crippen molar-refractivity contribution in [1.29, 1.82) is 0 Å². The maximum atomic E-state index is 12.8. The molecule has 6 nitrogen and oxygen atoms in total. The second kappa shape index (κ2) is 52.2. The molecule has 0 amide bonds. The largest absolute Gasteiger partial charge is 0.462 e. The van der Waals surface area contributed by atoms with Crippen molar-refractivity contribution in [2.24, 2.45) is 0 Å². The van der Waals surface area contributed by atoms with Gasteiger partial charge in [-0.25, -0.2) is 0 Å². The van der Waals surface area contributed by atoms with E-state index in [2.05, 4.69) is 99.8 Å². The lowest BCUT2D eigenvalue weighted by molar-refractivity contribution is -0.166. The first-order valence-corrected chi connectivity index (χ1v) is 26.6. The molecule has 0 aliphatic heterocycles. The zero-order valence-corrected chi connectivity index (χ0v) is 41.8. The van der Waals surface area contributed by atoms with Gasteiger partial charge in [-0.3, -0.25) is 14.4 Å². The third-order valence-electron chi connectivity index (χ3n) is 11.2. The van der Waals surface area contributed by atoms with E-state index in [0.29, 0.717) is 19.3 Å². The van der Waals surface area contributed by atoms with Crippen LogP contribution in [-0.4, -0.2) is 37.2 Å².